The number of nitrogens with one attached hydrogen (secondary N) is 1. The van der Waals surface area contributed by atoms with Crippen LogP contribution in [-0.2, 0) is 20.5 Å². The molecule has 0 bridgehead atoms. The molecule has 1 aromatic carbocycles. The lowest BCUT2D eigenvalue weighted by atomic mass is 10.1. The van der Waals surface area contributed by atoms with E-state index in [1.165, 1.54) is 6.07 Å². The van der Waals surface area contributed by atoms with E-state index in [1.807, 2.05) is 13.8 Å². The van der Waals surface area contributed by atoms with E-state index in [1.54, 1.807) is 4.90 Å². The van der Waals surface area contributed by atoms with Crippen molar-refractivity contribution in [2.24, 2.45) is 5.92 Å². The first-order chi connectivity index (χ1) is 13.6. The SMILES string of the molecule is CC(C)N1C[C@H](C(=O)Nc2cc(C(F)(F)F)ccc2OC[C@H]2CCCO2)CC1=O. The number of nitrogens with zero attached hydrogens (tertiary/aromatic N) is 1. The van der Waals surface area contributed by atoms with Crippen LogP contribution in [0.3, 0.4) is 0 Å². The fraction of sp³-hybridized carbons (Fsp3) is 0.600. The first-order valence-corrected chi connectivity index (χ1v) is 9.71. The Morgan fingerprint density at radius 1 is 1.38 bits per heavy atom. The van der Waals surface area contributed by atoms with Crippen LogP contribution in [0.15, 0.2) is 18.2 Å². The zero-order chi connectivity index (χ0) is 21.2. The van der Waals surface area contributed by atoms with Gasteiger partial charge in [0.2, 0.25) is 11.8 Å². The smallest absolute Gasteiger partial charge is 0.416 e. The maximum Gasteiger partial charge on any atom is 0.416 e. The van der Waals surface area contributed by atoms with E-state index in [4.69, 9.17) is 9.47 Å². The van der Waals surface area contributed by atoms with Crippen LogP contribution in [0.5, 0.6) is 5.75 Å². The van der Waals surface area contributed by atoms with Crippen LogP contribution < -0.4 is 10.1 Å². The molecule has 0 aliphatic carbocycles. The van der Waals surface area contributed by atoms with E-state index in [9.17, 15) is 22.8 Å². The zero-order valence-corrected chi connectivity index (χ0v) is 16.4. The number of carbonyl (C=O) groups excluding carboxylic acids is 2. The van der Waals surface area contributed by atoms with Crippen molar-refractivity contribution in [1.82, 2.24) is 4.90 Å². The van der Waals surface area contributed by atoms with Gasteiger partial charge in [0, 0.05) is 25.6 Å². The Kier molecular flexibility index (Phi) is 6.36. The topological polar surface area (TPSA) is 67.9 Å². The molecule has 2 aliphatic rings. The average Bonchev–Trinajstić information content (AvgIpc) is 3.29. The predicted molar refractivity (Wildman–Crippen MR) is 99.5 cm³/mol. The Morgan fingerprint density at radius 3 is 2.72 bits per heavy atom. The number of anilines is 1. The number of ether oxygens (including phenoxy) is 2. The van der Waals surface area contributed by atoms with Gasteiger partial charge in [0.15, 0.2) is 0 Å². The summed E-state index contributed by atoms with van der Waals surface area (Å²) in [6, 6.07) is 2.94. The van der Waals surface area contributed by atoms with E-state index in [0.29, 0.717) is 6.61 Å². The van der Waals surface area contributed by atoms with Crippen molar-refractivity contribution in [2.75, 3.05) is 25.1 Å². The summed E-state index contributed by atoms with van der Waals surface area (Å²) in [5.74, 6) is -1.11. The van der Waals surface area contributed by atoms with Gasteiger partial charge in [-0.2, -0.15) is 13.2 Å². The van der Waals surface area contributed by atoms with E-state index in [2.05, 4.69) is 5.32 Å². The van der Waals surface area contributed by atoms with E-state index < -0.39 is 23.6 Å². The number of hydrogen-bond acceptors (Lipinski definition) is 4. The fourth-order valence-electron chi connectivity index (χ4n) is 3.53. The third-order valence-corrected chi connectivity index (χ3v) is 5.17. The molecule has 2 aliphatic heterocycles. The van der Waals surface area contributed by atoms with E-state index >= 15 is 0 Å². The van der Waals surface area contributed by atoms with Crippen molar-refractivity contribution in [1.29, 1.82) is 0 Å². The monoisotopic (exact) mass is 414 g/mol. The van der Waals surface area contributed by atoms with Crippen LogP contribution >= 0.6 is 0 Å². The van der Waals surface area contributed by atoms with Crippen LogP contribution in [0.2, 0.25) is 0 Å². The molecule has 0 aromatic heterocycles. The lowest BCUT2D eigenvalue weighted by Crippen LogP contribution is -2.33. The van der Waals surface area contributed by atoms with Gasteiger partial charge < -0.3 is 19.7 Å². The summed E-state index contributed by atoms with van der Waals surface area (Å²) in [5, 5.41) is 2.54. The van der Waals surface area contributed by atoms with Crippen molar-refractivity contribution < 1.29 is 32.2 Å². The summed E-state index contributed by atoms with van der Waals surface area (Å²) in [5.41, 5.74) is -0.943. The molecule has 1 N–H and O–H groups in total. The highest BCUT2D eigenvalue weighted by Gasteiger charge is 2.36. The number of carbonyl (C=O) groups is 2. The fourth-order valence-corrected chi connectivity index (χ4v) is 3.53. The molecule has 2 heterocycles. The highest BCUT2D eigenvalue weighted by molar-refractivity contribution is 5.98. The molecule has 3 rings (SSSR count). The first-order valence-electron chi connectivity index (χ1n) is 9.71. The first kappa shape index (κ1) is 21.4. The Hall–Kier alpha value is -2.29. The van der Waals surface area contributed by atoms with Crippen molar-refractivity contribution in [3.8, 4) is 5.75 Å². The predicted octanol–water partition coefficient (Wildman–Crippen LogP) is 3.46. The van der Waals surface area contributed by atoms with Crippen molar-refractivity contribution in [3.05, 3.63) is 23.8 Å². The number of alkyl halides is 3. The van der Waals surface area contributed by atoms with Crippen LogP contribution in [0.4, 0.5) is 18.9 Å². The average molecular weight is 414 g/mol. The lowest BCUT2D eigenvalue weighted by Gasteiger charge is -2.21. The Morgan fingerprint density at radius 2 is 2.14 bits per heavy atom. The summed E-state index contributed by atoms with van der Waals surface area (Å²) in [6.07, 6.45) is -2.91. The molecule has 160 valence electrons. The number of benzene rings is 1. The molecule has 2 amide bonds. The second kappa shape index (κ2) is 8.61. The third kappa shape index (κ3) is 5.20. The largest absolute Gasteiger partial charge is 0.489 e. The highest BCUT2D eigenvalue weighted by Crippen LogP contribution is 2.36. The summed E-state index contributed by atoms with van der Waals surface area (Å²) >= 11 is 0. The van der Waals surface area contributed by atoms with Gasteiger partial charge in [-0.25, -0.2) is 0 Å². The maximum atomic E-state index is 13.1. The number of amides is 2. The van der Waals surface area contributed by atoms with Gasteiger partial charge in [-0.05, 0) is 44.9 Å². The van der Waals surface area contributed by atoms with Gasteiger partial charge in [-0.3, -0.25) is 9.59 Å². The molecule has 2 saturated heterocycles. The lowest BCUT2D eigenvalue weighted by molar-refractivity contribution is -0.137. The van der Waals surface area contributed by atoms with Crippen LogP contribution in [0.25, 0.3) is 0 Å². The minimum atomic E-state index is -4.55. The summed E-state index contributed by atoms with van der Waals surface area (Å²) in [7, 11) is 0. The minimum absolute atomic E-state index is 0.0368. The van der Waals surface area contributed by atoms with Gasteiger partial charge in [0.05, 0.1) is 23.3 Å². The second-order valence-electron chi connectivity index (χ2n) is 7.68. The Balaban J connectivity index is 1.75. The molecule has 2 atom stereocenters. The molecular weight excluding hydrogens is 389 g/mol. The Bertz CT molecular complexity index is 761. The minimum Gasteiger partial charge on any atom is -0.489 e. The molecule has 9 heteroatoms. The molecule has 1 aromatic rings. The molecule has 0 radical (unpaired) electrons. The number of hydrogen-bond donors (Lipinski definition) is 1. The van der Waals surface area contributed by atoms with Crippen LogP contribution in [-0.4, -0.2) is 48.6 Å². The molecule has 0 unspecified atom stereocenters. The van der Waals surface area contributed by atoms with Crippen molar-refractivity contribution in [2.45, 2.75) is 51.4 Å². The molecule has 6 nitrogen and oxygen atoms in total. The van der Waals surface area contributed by atoms with Gasteiger partial charge in [0.1, 0.15) is 12.4 Å². The standard InChI is InChI=1S/C20H25F3N2O4/c1-12(2)25-10-13(8-18(25)26)19(27)24-16-9-14(20(21,22)23)5-6-17(16)29-11-15-4-3-7-28-15/h5-6,9,12-13,15H,3-4,7-8,10-11H2,1-2H3,(H,24,27)/t13-,15-/m1/s1. The van der Waals surface area contributed by atoms with Crippen LogP contribution in [0, 0.1) is 5.92 Å². The number of halogens is 3. The van der Waals surface area contributed by atoms with Gasteiger partial charge in [-0.15, -0.1) is 0 Å². The third-order valence-electron chi connectivity index (χ3n) is 5.17. The van der Waals surface area contributed by atoms with Crippen LogP contribution in [0.1, 0.15) is 38.7 Å². The summed E-state index contributed by atoms with van der Waals surface area (Å²) in [4.78, 5) is 26.3. The summed E-state index contributed by atoms with van der Waals surface area (Å²) in [6.45, 7) is 4.77. The molecule has 0 spiro atoms. The Labute approximate surface area is 167 Å². The molecule has 29 heavy (non-hydrogen) atoms. The molecule has 0 saturated carbocycles. The van der Waals surface area contributed by atoms with E-state index in [-0.39, 0.29) is 49.1 Å². The van der Waals surface area contributed by atoms with E-state index in [0.717, 1.165) is 25.0 Å². The highest BCUT2D eigenvalue weighted by atomic mass is 19.4. The number of rotatable bonds is 6. The molecule has 2 fully saturated rings. The van der Waals surface area contributed by atoms with Gasteiger partial charge >= 0.3 is 6.18 Å². The van der Waals surface area contributed by atoms with Gasteiger partial charge in [0.25, 0.3) is 0 Å². The number of likely N-dealkylation sites (tertiary alicyclic amines) is 1. The molecular formula is C20H25F3N2O4. The maximum absolute atomic E-state index is 13.1. The van der Waals surface area contributed by atoms with Crippen molar-refractivity contribution in [3.63, 3.8) is 0 Å². The van der Waals surface area contributed by atoms with Gasteiger partial charge in [-0.1, -0.05) is 0 Å². The second-order valence-corrected chi connectivity index (χ2v) is 7.68. The van der Waals surface area contributed by atoms with Crippen molar-refractivity contribution >= 4 is 17.5 Å². The normalized spacial score (nSPS) is 22.4. The summed E-state index contributed by atoms with van der Waals surface area (Å²) < 4.78 is 50.5. The quantitative estimate of drug-likeness (QED) is 0.774. The zero-order valence-electron chi connectivity index (χ0n) is 16.4.